The maximum atomic E-state index is 13.4. The van der Waals surface area contributed by atoms with Gasteiger partial charge in [-0.05, 0) is 54.7 Å². The van der Waals surface area contributed by atoms with Gasteiger partial charge in [-0.2, -0.15) is 13.2 Å². The lowest BCUT2D eigenvalue weighted by Gasteiger charge is -2.32. The molecule has 1 aliphatic carbocycles. The average Bonchev–Trinajstić information content (AvgIpc) is 3.42. The van der Waals surface area contributed by atoms with Gasteiger partial charge in [0.25, 0.3) is 0 Å². The SMILES string of the molecule is C=C1c2c(sc3cc(C(F)(F)F)ccc23)N=C(c2ccc(OC)cc2C2CC2)N1Cc1cncs1. The number of aliphatic imine (C=N–C) groups is 1. The zero-order chi connectivity index (χ0) is 24.3. The van der Waals surface area contributed by atoms with Crippen LogP contribution in [0.4, 0.5) is 18.2 Å². The Morgan fingerprint density at radius 2 is 2.00 bits per heavy atom. The maximum absolute atomic E-state index is 13.4. The minimum absolute atomic E-state index is 0.444. The smallest absolute Gasteiger partial charge is 0.416 e. The minimum atomic E-state index is -4.40. The van der Waals surface area contributed by atoms with Crippen molar-refractivity contribution in [3.63, 3.8) is 0 Å². The molecular formula is C26H20F3N3OS2. The Hall–Kier alpha value is -3.17. The number of aromatic nitrogens is 1. The quantitative estimate of drug-likeness (QED) is 0.274. The molecule has 1 fully saturated rings. The zero-order valence-electron chi connectivity index (χ0n) is 18.7. The average molecular weight is 512 g/mol. The highest BCUT2D eigenvalue weighted by Gasteiger charge is 2.35. The third-order valence-corrected chi connectivity index (χ3v) is 8.20. The van der Waals surface area contributed by atoms with Gasteiger partial charge in [0.1, 0.15) is 16.6 Å². The molecule has 0 bridgehead atoms. The number of thiophene rings is 1. The number of thiazole rings is 1. The van der Waals surface area contributed by atoms with Gasteiger partial charge < -0.3 is 9.64 Å². The van der Waals surface area contributed by atoms with Gasteiger partial charge in [0.15, 0.2) is 0 Å². The lowest BCUT2D eigenvalue weighted by atomic mass is 9.98. The monoisotopic (exact) mass is 511 g/mol. The van der Waals surface area contributed by atoms with Crippen LogP contribution >= 0.6 is 22.7 Å². The molecule has 1 aliphatic heterocycles. The molecule has 3 heterocycles. The van der Waals surface area contributed by atoms with Gasteiger partial charge in [0, 0.05) is 38.0 Å². The van der Waals surface area contributed by atoms with E-state index in [1.807, 2.05) is 18.3 Å². The van der Waals surface area contributed by atoms with Crippen molar-refractivity contribution in [2.45, 2.75) is 31.5 Å². The summed E-state index contributed by atoms with van der Waals surface area (Å²) in [5, 5.41) is 1.41. The summed E-state index contributed by atoms with van der Waals surface area (Å²) >= 11 is 2.82. The Balaban J connectivity index is 1.54. The number of fused-ring (bicyclic) bond motifs is 3. The molecule has 0 radical (unpaired) electrons. The number of hydrogen-bond donors (Lipinski definition) is 0. The van der Waals surface area contributed by atoms with E-state index >= 15 is 0 Å². The van der Waals surface area contributed by atoms with Crippen LogP contribution in [0.15, 0.2) is 59.7 Å². The highest BCUT2D eigenvalue weighted by atomic mass is 32.1. The number of methoxy groups -OCH3 is 1. The fourth-order valence-electron chi connectivity index (χ4n) is 4.49. The molecule has 0 atom stereocenters. The van der Waals surface area contributed by atoms with E-state index in [0.29, 0.717) is 22.2 Å². The molecule has 0 amide bonds. The highest BCUT2D eigenvalue weighted by Crippen LogP contribution is 2.49. The first-order chi connectivity index (χ1) is 16.8. The molecule has 2 aromatic carbocycles. The Kier molecular flexibility index (Phi) is 5.23. The van der Waals surface area contributed by atoms with Crippen LogP contribution in [-0.2, 0) is 12.7 Å². The molecule has 0 unspecified atom stereocenters. The summed E-state index contributed by atoms with van der Waals surface area (Å²) in [6.45, 7) is 4.92. The van der Waals surface area contributed by atoms with Crippen LogP contribution in [0.3, 0.4) is 0 Å². The molecule has 2 aromatic heterocycles. The molecule has 35 heavy (non-hydrogen) atoms. The molecule has 4 nitrogen and oxygen atoms in total. The largest absolute Gasteiger partial charge is 0.497 e. The summed E-state index contributed by atoms with van der Waals surface area (Å²) in [5.41, 5.74) is 4.81. The summed E-state index contributed by atoms with van der Waals surface area (Å²) in [6, 6.07) is 9.89. The second kappa shape index (κ2) is 8.20. The van der Waals surface area contributed by atoms with E-state index in [1.165, 1.54) is 29.0 Å². The second-order valence-corrected chi connectivity index (χ2v) is 10.7. The fourth-order valence-corrected chi connectivity index (χ4v) is 6.21. The van der Waals surface area contributed by atoms with Crippen molar-refractivity contribution >= 4 is 49.3 Å². The van der Waals surface area contributed by atoms with Gasteiger partial charge in [0.05, 0.1) is 24.7 Å². The van der Waals surface area contributed by atoms with Crippen molar-refractivity contribution < 1.29 is 17.9 Å². The molecular weight excluding hydrogens is 491 g/mol. The van der Waals surface area contributed by atoms with Crippen molar-refractivity contribution in [2.24, 2.45) is 4.99 Å². The van der Waals surface area contributed by atoms with E-state index in [1.54, 1.807) is 24.0 Å². The van der Waals surface area contributed by atoms with E-state index < -0.39 is 11.7 Å². The Bertz CT molecular complexity index is 1480. The Morgan fingerprint density at radius 3 is 2.69 bits per heavy atom. The lowest BCUT2D eigenvalue weighted by molar-refractivity contribution is -0.137. The maximum Gasteiger partial charge on any atom is 0.416 e. The van der Waals surface area contributed by atoms with Gasteiger partial charge in [0.2, 0.25) is 0 Å². The van der Waals surface area contributed by atoms with Crippen LogP contribution in [0.5, 0.6) is 5.75 Å². The van der Waals surface area contributed by atoms with E-state index in [-0.39, 0.29) is 0 Å². The van der Waals surface area contributed by atoms with Crippen LogP contribution in [0, 0.1) is 0 Å². The van der Waals surface area contributed by atoms with E-state index in [0.717, 1.165) is 57.6 Å². The van der Waals surface area contributed by atoms with Crippen molar-refractivity contribution in [3.8, 4) is 5.75 Å². The number of ether oxygens (including phenoxy) is 1. The first-order valence-electron chi connectivity index (χ1n) is 11.1. The molecule has 6 rings (SSSR count). The third kappa shape index (κ3) is 3.92. The van der Waals surface area contributed by atoms with Crippen LogP contribution in [-0.4, -0.2) is 22.8 Å². The van der Waals surface area contributed by atoms with Crippen LogP contribution in [0.25, 0.3) is 15.8 Å². The first kappa shape index (κ1) is 22.3. The Morgan fingerprint density at radius 1 is 1.17 bits per heavy atom. The van der Waals surface area contributed by atoms with Crippen LogP contribution < -0.4 is 4.74 Å². The van der Waals surface area contributed by atoms with E-state index in [9.17, 15) is 13.2 Å². The summed E-state index contributed by atoms with van der Waals surface area (Å²) in [6.07, 6.45) is -0.359. The summed E-state index contributed by atoms with van der Waals surface area (Å²) in [7, 11) is 1.65. The van der Waals surface area contributed by atoms with Gasteiger partial charge in [-0.1, -0.05) is 12.6 Å². The topological polar surface area (TPSA) is 37.7 Å². The van der Waals surface area contributed by atoms with E-state index in [2.05, 4.69) is 22.5 Å². The lowest BCUT2D eigenvalue weighted by Crippen LogP contribution is -2.32. The van der Waals surface area contributed by atoms with E-state index in [4.69, 9.17) is 9.73 Å². The molecule has 0 N–H and O–H groups in total. The minimum Gasteiger partial charge on any atom is -0.497 e. The zero-order valence-corrected chi connectivity index (χ0v) is 20.4. The summed E-state index contributed by atoms with van der Waals surface area (Å²) in [5.74, 6) is 1.99. The number of alkyl halides is 3. The third-order valence-electron chi connectivity index (χ3n) is 6.39. The standard InChI is InChI=1S/C26H20F3N3OS2/c1-14-23-20-7-5-16(26(27,28)29)9-22(20)35-25(23)31-24(32(14)12-18-11-30-13-34-18)19-8-6-17(33-2)10-21(19)15-3-4-15/h5-11,13,15H,1,3-4,12H2,2H3. The number of amidine groups is 1. The first-order valence-corrected chi connectivity index (χ1v) is 12.8. The van der Waals surface area contributed by atoms with Gasteiger partial charge in [-0.15, -0.1) is 22.7 Å². The molecule has 9 heteroatoms. The van der Waals surface area contributed by atoms with Crippen LogP contribution in [0.2, 0.25) is 0 Å². The van der Waals surface area contributed by atoms with Crippen molar-refractivity contribution in [1.29, 1.82) is 0 Å². The molecule has 0 spiro atoms. The van der Waals surface area contributed by atoms with Crippen molar-refractivity contribution in [1.82, 2.24) is 9.88 Å². The summed E-state index contributed by atoms with van der Waals surface area (Å²) in [4.78, 5) is 12.4. The molecule has 1 saturated carbocycles. The number of nitrogens with zero attached hydrogens (tertiary/aromatic N) is 3. The number of hydrogen-bond acceptors (Lipinski definition) is 6. The molecule has 0 saturated heterocycles. The van der Waals surface area contributed by atoms with Crippen LogP contribution in [0.1, 0.15) is 45.9 Å². The second-order valence-electron chi connectivity index (χ2n) is 8.65. The Labute approximate surface area is 208 Å². The number of benzene rings is 2. The molecule has 2 aliphatic rings. The van der Waals surface area contributed by atoms with Gasteiger partial charge in [-0.3, -0.25) is 4.98 Å². The predicted octanol–water partition coefficient (Wildman–Crippen LogP) is 7.83. The number of rotatable bonds is 5. The normalized spacial score (nSPS) is 15.9. The number of halogens is 3. The van der Waals surface area contributed by atoms with Crippen molar-refractivity contribution in [3.05, 3.63) is 81.8 Å². The van der Waals surface area contributed by atoms with Gasteiger partial charge in [-0.25, -0.2) is 4.99 Å². The molecule has 178 valence electrons. The summed E-state index contributed by atoms with van der Waals surface area (Å²) < 4.78 is 46.1. The molecule has 4 aromatic rings. The predicted molar refractivity (Wildman–Crippen MR) is 135 cm³/mol. The van der Waals surface area contributed by atoms with Gasteiger partial charge >= 0.3 is 6.18 Å². The fraction of sp³-hybridized carbons (Fsp3) is 0.231. The van der Waals surface area contributed by atoms with Crippen molar-refractivity contribution in [2.75, 3.05) is 7.11 Å². The highest BCUT2D eigenvalue weighted by molar-refractivity contribution is 7.23.